The van der Waals surface area contributed by atoms with E-state index >= 15 is 4.39 Å². The highest BCUT2D eigenvalue weighted by Gasteiger charge is 2.50. The number of rotatable bonds is 7. The number of nitrogen functional groups attached to an aromatic ring is 1. The second-order valence-electron chi connectivity index (χ2n) is 13.8. The fourth-order valence-corrected chi connectivity index (χ4v) is 7.92. The molecule has 2 unspecified atom stereocenters. The largest absolute Gasteiger partial charge is 0.461 e. The summed E-state index contributed by atoms with van der Waals surface area (Å²) in [5, 5.41) is -0.840. The number of ether oxygens (including phenoxy) is 2. The van der Waals surface area contributed by atoms with E-state index in [-0.39, 0.29) is 62.2 Å². The lowest BCUT2D eigenvalue weighted by atomic mass is 9.93. The van der Waals surface area contributed by atoms with Crippen molar-refractivity contribution in [3.8, 4) is 6.01 Å². The highest BCUT2D eigenvalue weighted by atomic mass is 35.5. The Hall–Kier alpha value is -3.97. The summed E-state index contributed by atoms with van der Waals surface area (Å²) in [4.78, 5) is 30.1. The molecule has 1 aromatic heterocycles. The van der Waals surface area contributed by atoms with E-state index in [1.54, 1.807) is 0 Å². The zero-order valence-electron chi connectivity index (χ0n) is 28.7. The Bertz CT molecular complexity index is 1840. The quantitative estimate of drug-likeness (QED) is 0.222. The van der Waals surface area contributed by atoms with Gasteiger partial charge >= 0.3 is 18.4 Å². The first-order chi connectivity index (χ1) is 24.8. The molecule has 0 saturated carbocycles. The molecule has 5 heterocycles. The van der Waals surface area contributed by atoms with Gasteiger partial charge in [0.1, 0.15) is 29.9 Å². The third-order valence-electron chi connectivity index (χ3n) is 9.98. The van der Waals surface area contributed by atoms with E-state index in [2.05, 4.69) is 15.0 Å². The lowest BCUT2D eigenvalue weighted by Gasteiger charge is -2.33. The minimum Gasteiger partial charge on any atom is -0.461 e. The number of benzene rings is 1. The van der Waals surface area contributed by atoms with E-state index in [4.69, 9.17) is 32.5 Å². The average molecular weight is 781 g/mol. The number of halogens is 9. The average Bonchev–Trinajstić information content (AvgIpc) is 3.48. The van der Waals surface area contributed by atoms with E-state index in [1.807, 2.05) is 4.90 Å². The smallest absolute Gasteiger partial charge is 0.420 e. The number of carbonyl (C=O) groups is 1. The number of alkyl halides is 7. The van der Waals surface area contributed by atoms with Crippen molar-refractivity contribution in [1.82, 2.24) is 19.8 Å². The summed E-state index contributed by atoms with van der Waals surface area (Å²) in [6.45, 7) is -0.181. The maximum Gasteiger partial charge on any atom is 0.420 e. The van der Waals surface area contributed by atoms with Crippen molar-refractivity contribution in [3.63, 3.8) is 0 Å². The van der Waals surface area contributed by atoms with E-state index in [1.165, 1.54) is 19.0 Å². The highest BCUT2D eigenvalue weighted by Crippen LogP contribution is 2.46. The Morgan fingerprint density at radius 1 is 1.17 bits per heavy atom. The summed E-state index contributed by atoms with van der Waals surface area (Å²) in [6, 6.07) is 0.380. The summed E-state index contributed by atoms with van der Waals surface area (Å²) in [6.07, 6.45) is -11.5. The number of carbonyl (C=O) groups excluding carboxylic acids is 1. The van der Waals surface area contributed by atoms with Crippen molar-refractivity contribution in [2.75, 3.05) is 64.1 Å². The van der Waals surface area contributed by atoms with Gasteiger partial charge < -0.3 is 30.7 Å². The summed E-state index contributed by atoms with van der Waals surface area (Å²) >= 11 is 5.93. The molecular weight excluding hydrogens is 744 g/mol. The molecule has 0 aliphatic carbocycles. The topological polar surface area (TPSA) is 135 Å². The Morgan fingerprint density at radius 2 is 1.91 bits per heavy atom. The predicted octanol–water partition coefficient (Wildman–Crippen LogP) is 5.15. The number of hydrogen-bond acceptors (Lipinski definition) is 10. The number of amides is 1. The van der Waals surface area contributed by atoms with Crippen molar-refractivity contribution in [1.29, 1.82) is 0 Å². The molecule has 0 spiro atoms. The lowest BCUT2D eigenvalue weighted by molar-refractivity contribution is -0.140. The van der Waals surface area contributed by atoms with Gasteiger partial charge in [0.2, 0.25) is 0 Å². The molecular formula is C33H37ClF8N8O3. The predicted molar refractivity (Wildman–Crippen MR) is 178 cm³/mol. The van der Waals surface area contributed by atoms with Gasteiger partial charge in [-0.25, -0.2) is 8.78 Å². The molecule has 6 rings (SSSR count). The molecule has 4 aliphatic heterocycles. The molecule has 20 heteroatoms. The molecule has 11 nitrogen and oxygen atoms in total. The molecule has 290 valence electrons. The third-order valence-corrected chi connectivity index (χ3v) is 10.3. The SMILES string of the molecule is CN(C)C(=O)/C(N)=C(/C1=NCCCN(c2nc(OCC34CCCN3C[C@H](F)C4)nc3c2COC(c2c(F)c(N)cc(Cl)c2C(F)(F)F)C3)C1)C(F)(F)F. The van der Waals surface area contributed by atoms with Crippen molar-refractivity contribution >= 4 is 34.7 Å². The number of anilines is 2. The van der Waals surface area contributed by atoms with Crippen molar-refractivity contribution in [2.45, 2.75) is 68.9 Å². The van der Waals surface area contributed by atoms with Crippen LogP contribution in [0.3, 0.4) is 0 Å². The van der Waals surface area contributed by atoms with Gasteiger partial charge in [-0.2, -0.15) is 36.3 Å². The van der Waals surface area contributed by atoms with Crippen LogP contribution < -0.4 is 21.1 Å². The monoisotopic (exact) mass is 780 g/mol. The van der Waals surface area contributed by atoms with Crippen LogP contribution in [0.2, 0.25) is 5.02 Å². The van der Waals surface area contributed by atoms with Crippen LogP contribution in [0.15, 0.2) is 22.3 Å². The zero-order valence-corrected chi connectivity index (χ0v) is 29.4. The molecule has 2 fully saturated rings. The van der Waals surface area contributed by atoms with Crippen LogP contribution in [-0.4, -0.2) is 103 Å². The number of hydrogen-bond donors (Lipinski definition) is 2. The third kappa shape index (κ3) is 7.56. The molecule has 0 radical (unpaired) electrons. The van der Waals surface area contributed by atoms with E-state index in [9.17, 15) is 35.5 Å². The van der Waals surface area contributed by atoms with Gasteiger partial charge in [0.05, 0.1) is 52.5 Å². The Morgan fingerprint density at radius 3 is 2.58 bits per heavy atom. The number of fused-ring (bicyclic) bond motifs is 2. The minimum absolute atomic E-state index is 0.0229. The Kier molecular flexibility index (Phi) is 10.5. The number of nitrogens with two attached hydrogens (primary N) is 2. The second-order valence-corrected chi connectivity index (χ2v) is 14.2. The standard InChI is InChI=1S/C33H37ClF8N8O3/c1-48(2)29(51)27(44)25(33(40,41)42)21-13-49(7-4-6-45-21)28-17-14-52-22(23-24(32(37,38)39)18(34)9-19(43)26(23)36)10-20(17)46-30(47-28)53-15-31-5-3-8-50(31)12-16(35)11-31/h9,16,22H,3-8,10-15,43-44H2,1-2H3/b27-25+/t16-,22?,31?/m1/s1. The Balaban J connectivity index is 1.43. The molecule has 2 saturated heterocycles. The summed E-state index contributed by atoms with van der Waals surface area (Å²) in [5.41, 5.74) is 5.01. The van der Waals surface area contributed by atoms with Crippen molar-refractivity contribution < 1.29 is 49.4 Å². The number of likely N-dealkylation sites (N-methyl/N-ethyl adjacent to an activating group) is 1. The molecule has 4 N–H and O–H groups in total. The zero-order chi connectivity index (χ0) is 38.6. The van der Waals surface area contributed by atoms with Gasteiger partial charge in [-0.3, -0.25) is 14.7 Å². The molecule has 1 aromatic carbocycles. The maximum atomic E-state index is 15.5. The van der Waals surface area contributed by atoms with Gasteiger partial charge in [0, 0.05) is 57.7 Å². The number of aromatic nitrogens is 2. The molecule has 4 aliphatic rings. The van der Waals surface area contributed by atoms with Crippen LogP contribution in [0.25, 0.3) is 0 Å². The summed E-state index contributed by atoms with van der Waals surface area (Å²) in [5.74, 6) is -2.44. The van der Waals surface area contributed by atoms with Crippen LogP contribution in [0.4, 0.5) is 46.6 Å². The van der Waals surface area contributed by atoms with Crippen LogP contribution in [0, 0.1) is 5.82 Å². The molecule has 2 aromatic rings. The van der Waals surface area contributed by atoms with Gasteiger partial charge in [0.15, 0.2) is 5.82 Å². The van der Waals surface area contributed by atoms with Gasteiger partial charge in [-0.1, -0.05) is 11.6 Å². The summed E-state index contributed by atoms with van der Waals surface area (Å²) < 4.78 is 128. The van der Waals surface area contributed by atoms with Crippen LogP contribution in [0.5, 0.6) is 6.01 Å². The first-order valence-corrected chi connectivity index (χ1v) is 17.1. The van der Waals surface area contributed by atoms with E-state index in [0.717, 1.165) is 11.3 Å². The van der Waals surface area contributed by atoms with Crippen LogP contribution in [-0.2, 0) is 28.7 Å². The van der Waals surface area contributed by atoms with Crippen LogP contribution >= 0.6 is 11.6 Å². The second kappa shape index (κ2) is 14.4. The molecule has 3 atom stereocenters. The van der Waals surface area contributed by atoms with Crippen molar-refractivity contribution in [2.24, 2.45) is 10.7 Å². The first kappa shape index (κ1) is 38.7. The van der Waals surface area contributed by atoms with E-state index in [0.29, 0.717) is 19.0 Å². The lowest BCUT2D eigenvalue weighted by Crippen LogP contribution is -2.43. The van der Waals surface area contributed by atoms with Gasteiger partial charge in [-0.05, 0) is 31.9 Å². The molecule has 1 amide bonds. The van der Waals surface area contributed by atoms with Crippen LogP contribution in [0.1, 0.15) is 54.2 Å². The van der Waals surface area contributed by atoms with Gasteiger partial charge in [-0.15, -0.1) is 0 Å². The maximum absolute atomic E-state index is 15.5. The number of nitrogens with zero attached hydrogens (tertiary/aromatic N) is 6. The minimum atomic E-state index is -5.10. The Labute approximate surface area is 303 Å². The molecule has 0 bridgehead atoms. The fourth-order valence-electron chi connectivity index (χ4n) is 7.59. The molecule has 53 heavy (non-hydrogen) atoms. The highest BCUT2D eigenvalue weighted by molar-refractivity contribution is 6.31. The summed E-state index contributed by atoms with van der Waals surface area (Å²) in [7, 11) is 2.49. The van der Waals surface area contributed by atoms with E-state index < -0.39 is 100 Å². The van der Waals surface area contributed by atoms with Crippen molar-refractivity contribution in [3.05, 3.63) is 50.6 Å². The van der Waals surface area contributed by atoms with Gasteiger partial charge in [0.25, 0.3) is 5.91 Å². The number of aliphatic imine (C=N–C) groups is 1. The fraction of sp³-hybridized carbons (Fsp3) is 0.576. The normalized spacial score (nSPS) is 24.3. The first-order valence-electron chi connectivity index (χ1n) is 16.8.